The maximum absolute atomic E-state index is 13.3. The van der Waals surface area contributed by atoms with E-state index in [9.17, 15) is 4.39 Å². The zero-order valence-corrected chi connectivity index (χ0v) is 10.6. The van der Waals surface area contributed by atoms with Crippen molar-refractivity contribution < 1.29 is 4.39 Å². The molecule has 90 valence electrons. The van der Waals surface area contributed by atoms with Crippen molar-refractivity contribution in [2.75, 3.05) is 0 Å². The van der Waals surface area contributed by atoms with Crippen LogP contribution in [0.25, 0.3) is 11.1 Å². The van der Waals surface area contributed by atoms with E-state index in [1.807, 2.05) is 25.1 Å². The van der Waals surface area contributed by atoms with Gasteiger partial charge in [0.15, 0.2) is 0 Å². The molecule has 0 aliphatic heterocycles. The van der Waals surface area contributed by atoms with Crippen LogP contribution in [0.4, 0.5) is 4.39 Å². The Kier molecular flexibility index (Phi) is 3.64. The predicted octanol–water partition coefficient (Wildman–Crippen LogP) is 4.52. The lowest BCUT2D eigenvalue weighted by molar-refractivity contribution is 0.628. The molecule has 0 bridgehead atoms. The van der Waals surface area contributed by atoms with E-state index in [-0.39, 0.29) is 5.82 Å². The Hall–Kier alpha value is -1.85. The molecule has 0 saturated carbocycles. The molecule has 0 spiro atoms. The molecule has 0 amide bonds. The molecular weight excluding hydrogens is 249 g/mol. The number of benzene rings is 2. The van der Waals surface area contributed by atoms with Crippen molar-refractivity contribution in [3.63, 3.8) is 0 Å². The molecule has 0 N–H and O–H groups in total. The van der Waals surface area contributed by atoms with Gasteiger partial charge >= 0.3 is 0 Å². The quantitative estimate of drug-likeness (QED) is 0.778. The highest BCUT2D eigenvalue weighted by atomic mass is 35.5. The van der Waals surface area contributed by atoms with Crippen molar-refractivity contribution in [2.24, 2.45) is 0 Å². The van der Waals surface area contributed by atoms with Gasteiger partial charge in [0.05, 0.1) is 12.5 Å². The Labute approximate surface area is 110 Å². The van der Waals surface area contributed by atoms with Gasteiger partial charge in [0, 0.05) is 5.02 Å². The molecule has 18 heavy (non-hydrogen) atoms. The van der Waals surface area contributed by atoms with Crippen LogP contribution in [-0.4, -0.2) is 0 Å². The minimum absolute atomic E-state index is 0.351. The van der Waals surface area contributed by atoms with Crippen LogP contribution >= 0.6 is 11.6 Å². The molecule has 0 unspecified atom stereocenters. The van der Waals surface area contributed by atoms with Crippen LogP contribution in [0.3, 0.4) is 0 Å². The number of aryl methyl sites for hydroxylation is 1. The van der Waals surface area contributed by atoms with Crippen molar-refractivity contribution in [1.29, 1.82) is 5.26 Å². The fraction of sp³-hybridized carbons (Fsp3) is 0.133. The van der Waals surface area contributed by atoms with E-state index >= 15 is 0 Å². The third-order valence-electron chi connectivity index (χ3n) is 2.81. The van der Waals surface area contributed by atoms with Gasteiger partial charge in [-0.25, -0.2) is 4.39 Å². The summed E-state index contributed by atoms with van der Waals surface area (Å²) in [6, 6.07) is 12.3. The second kappa shape index (κ2) is 5.20. The molecule has 0 heterocycles. The number of halogens is 2. The molecular formula is C15H11ClFN. The standard InChI is InChI=1S/C15H11ClFN/c1-10-6-12(3-2-11(10)4-5-18)13-7-14(16)9-15(17)8-13/h2-3,6-9H,4H2,1H3. The fourth-order valence-electron chi connectivity index (χ4n) is 1.88. The summed E-state index contributed by atoms with van der Waals surface area (Å²) < 4.78 is 13.3. The van der Waals surface area contributed by atoms with Gasteiger partial charge in [0.25, 0.3) is 0 Å². The molecule has 0 radical (unpaired) electrons. The Balaban J connectivity index is 2.46. The minimum atomic E-state index is -0.351. The normalized spacial score (nSPS) is 10.1. The number of hydrogen-bond donors (Lipinski definition) is 0. The summed E-state index contributed by atoms with van der Waals surface area (Å²) in [5.41, 5.74) is 3.65. The van der Waals surface area contributed by atoms with Gasteiger partial charge in [-0.1, -0.05) is 29.8 Å². The zero-order chi connectivity index (χ0) is 13.1. The van der Waals surface area contributed by atoms with E-state index in [0.29, 0.717) is 11.4 Å². The van der Waals surface area contributed by atoms with Gasteiger partial charge in [0.2, 0.25) is 0 Å². The van der Waals surface area contributed by atoms with E-state index in [2.05, 4.69) is 6.07 Å². The first-order chi connectivity index (χ1) is 8.60. The summed E-state index contributed by atoms with van der Waals surface area (Å²) in [5.74, 6) is -0.351. The van der Waals surface area contributed by atoms with Crippen molar-refractivity contribution in [2.45, 2.75) is 13.3 Å². The van der Waals surface area contributed by atoms with Crippen LogP contribution in [0.2, 0.25) is 5.02 Å². The van der Waals surface area contributed by atoms with Gasteiger partial charge in [-0.2, -0.15) is 5.26 Å². The van der Waals surface area contributed by atoms with Crippen LogP contribution in [-0.2, 0) is 6.42 Å². The topological polar surface area (TPSA) is 23.8 Å². The number of nitrogens with zero attached hydrogens (tertiary/aromatic N) is 1. The summed E-state index contributed by atoms with van der Waals surface area (Å²) in [6.07, 6.45) is 0.385. The summed E-state index contributed by atoms with van der Waals surface area (Å²) >= 11 is 5.84. The maximum atomic E-state index is 13.3. The SMILES string of the molecule is Cc1cc(-c2cc(F)cc(Cl)c2)ccc1CC#N. The average molecular weight is 260 g/mol. The zero-order valence-electron chi connectivity index (χ0n) is 9.87. The molecule has 2 aromatic carbocycles. The molecule has 0 saturated heterocycles. The Morgan fingerprint density at radius 1 is 1.17 bits per heavy atom. The molecule has 3 heteroatoms. The predicted molar refractivity (Wildman–Crippen MR) is 70.9 cm³/mol. The van der Waals surface area contributed by atoms with Gasteiger partial charge in [-0.15, -0.1) is 0 Å². The molecule has 0 aromatic heterocycles. The van der Waals surface area contributed by atoms with E-state index in [4.69, 9.17) is 16.9 Å². The Morgan fingerprint density at radius 3 is 2.56 bits per heavy atom. The molecule has 2 aromatic rings. The van der Waals surface area contributed by atoms with E-state index in [1.165, 1.54) is 12.1 Å². The molecule has 0 atom stereocenters. The van der Waals surface area contributed by atoms with Crippen LogP contribution in [0.5, 0.6) is 0 Å². The summed E-state index contributed by atoms with van der Waals surface area (Å²) in [7, 11) is 0. The second-order valence-corrected chi connectivity index (χ2v) is 4.57. The highest BCUT2D eigenvalue weighted by molar-refractivity contribution is 6.30. The number of hydrogen-bond acceptors (Lipinski definition) is 1. The largest absolute Gasteiger partial charge is 0.207 e. The van der Waals surface area contributed by atoms with Crippen molar-refractivity contribution in [3.8, 4) is 17.2 Å². The first-order valence-corrected chi connectivity index (χ1v) is 5.91. The molecule has 0 aliphatic carbocycles. The van der Waals surface area contributed by atoms with Crippen LogP contribution < -0.4 is 0 Å². The second-order valence-electron chi connectivity index (χ2n) is 4.13. The van der Waals surface area contributed by atoms with E-state index in [1.54, 1.807) is 6.07 Å². The van der Waals surface area contributed by atoms with Gasteiger partial charge < -0.3 is 0 Å². The van der Waals surface area contributed by atoms with Crippen LogP contribution in [0.1, 0.15) is 11.1 Å². The molecule has 0 aliphatic rings. The highest BCUT2D eigenvalue weighted by Crippen LogP contribution is 2.26. The maximum Gasteiger partial charge on any atom is 0.125 e. The lowest BCUT2D eigenvalue weighted by Crippen LogP contribution is -1.89. The van der Waals surface area contributed by atoms with E-state index < -0.39 is 0 Å². The number of nitriles is 1. The van der Waals surface area contributed by atoms with E-state index in [0.717, 1.165) is 22.3 Å². The summed E-state index contributed by atoms with van der Waals surface area (Å²) in [4.78, 5) is 0. The monoisotopic (exact) mass is 259 g/mol. The highest BCUT2D eigenvalue weighted by Gasteiger charge is 2.05. The van der Waals surface area contributed by atoms with Crippen molar-refractivity contribution in [3.05, 3.63) is 58.4 Å². The lowest BCUT2D eigenvalue weighted by atomic mass is 9.98. The van der Waals surface area contributed by atoms with Gasteiger partial charge in [-0.3, -0.25) is 0 Å². The third-order valence-corrected chi connectivity index (χ3v) is 3.03. The summed E-state index contributed by atoms with van der Waals surface area (Å²) in [5, 5.41) is 9.06. The smallest absolute Gasteiger partial charge is 0.125 e. The fourth-order valence-corrected chi connectivity index (χ4v) is 2.10. The molecule has 2 rings (SSSR count). The molecule has 0 fully saturated rings. The first-order valence-electron chi connectivity index (χ1n) is 5.53. The average Bonchev–Trinajstić information content (AvgIpc) is 2.30. The van der Waals surface area contributed by atoms with Crippen molar-refractivity contribution in [1.82, 2.24) is 0 Å². The lowest BCUT2D eigenvalue weighted by Gasteiger charge is -2.07. The first kappa shape index (κ1) is 12.6. The third kappa shape index (κ3) is 2.69. The van der Waals surface area contributed by atoms with Crippen LogP contribution in [0.15, 0.2) is 36.4 Å². The molecule has 1 nitrogen and oxygen atoms in total. The van der Waals surface area contributed by atoms with Gasteiger partial charge in [-0.05, 0) is 47.4 Å². The van der Waals surface area contributed by atoms with Crippen molar-refractivity contribution >= 4 is 11.6 Å². The Morgan fingerprint density at radius 2 is 1.94 bits per heavy atom. The summed E-state index contributed by atoms with van der Waals surface area (Å²) in [6.45, 7) is 1.94. The minimum Gasteiger partial charge on any atom is -0.207 e. The number of rotatable bonds is 2. The Bertz CT molecular complexity index is 609. The van der Waals surface area contributed by atoms with Gasteiger partial charge in [0.1, 0.15) is 5.82 Å². The van der Waals surface area contributed by atoms with Crippen LogP contribution in [0, 0.1) is 24.1 Å².